The van der Waals surface area contributed by atoms with E-state index in [-0.39, 0.29) is 5.91 Å². The van der Waals surface area contributed by atoms with Crippen LogP contribution in [-0.2, 0) is 0 Å². The number of anilines is 1. The Hall–Kier alpha value is -1.30. The number of halogens is 1. The third-order valence-electron chi connectivity index (χ3n) is 3.54. The van der Waals surface area contributed by atoms with E-state index < -0.39 is 0 Å². The SMILES string of the molecule is CC(C)N(C)CCNC(=O)c1sc2cccc(Cl)c2c1N. The first-order valence-corrected chi connectivity index (χ1v) is 8.06. The zero-order valence-corrected chi connectivity index (χ0v) is 14.0. The van der Waals surface area contributed by atoms with Crippen molar-refractivity contribution in [2.24, 2.45) is 0 Å². The minimum Gasteiger partial charge on any atom is -0.397 e. The fourth-order valence-electron chi connectivity index (χ4n) is 1.98. The molecule has 1 aromatic heterocycles. The van der Waals surface area contributed by atoms with Crippen LogP contribution in [0, 0.1) is 0 Å². The van der Waals surface area contributed by atoms with Crippen LogP contribution in [0.15, 0.2) is 18.2 Å². The number of nitrogen functional groups attached to an aromatic ring is 1. The van der Waals surface area contributed by atoms with Gasteiger partial charge in [-0.25, -0.2) is 0 Å². The van der Waals surface area contributed by atoms with E-state index >= 15 is 0 Å². The van der Waals surface area contributed by atoms with E-state index in [0.29, 0.717) is 28.2 Å². The number of hydrogen-bond donors (Lipinski definition) is 2. The highest BCUT2D eigenvalue weighted by molar-refractivity contribution is 7.21. The van der Waals surface area contributed by atoms with Crippen molar-refractivity contribution < 1.29 is 4.79 Å². The lowest BCUT2D eigenvalue weighted by atomic mass is 10.2. The zero-order chi connectivity index (χ0) is 15.6. The summed E-state index contributed by atoms with van der Waals surface area (Å²) >= 11 is 7.53. The molecule has 0 aliphatic rings. The molecule has 0 aliphatic carbocycles. The molecule has 114 valence electrons. The van der Waals surface area contributed by atoms with E-state index in [9.17, 15) is 4.79 Å². The van der Waals surface area contributed by atoms with Crippen LogP contribution in [0.4, 0.5) is 5.69 Å². The van der Waals surface area contributed by atoms with Gasteiger partial charge in [-0.15, -0.1) is 11.3 Å². The molecule has 0 saturated heterocycles. The van der Waals surface area contributed by atoms with Crippen molar-refractivity contribution in [3.8, 4) is 0 Å². The van der Waals surface area contributed by atoms with Crippen LogP contribution in [0.25, 0.3) is 10.1 Å². The monoisotopic (exact) mass is 325 g/mol. The normalized spacial score (nSPS) is 11.5. The average molecular weight is 326 g/mol. The molecule has 0 atom stereocenters. The second kappa shape index (κ2) is 6.64. The lowest BCUT2D eigenvalue weighted by Crippen LogP contribution is -2.36. The van der Waals surface area contributed by atoms with E-state index in [1.54, 1.807) is 6.07 Å². The molecule has 0 spiro atoms. The summed E-state index contributed by atoms with van der Waals surface area (Å²) in [6, 6.07) is 6.02. The molecule has 1 amide bonds. The predicted molar refractivity (Wildman–Crippen MR) is 91.3 cm³/mol. The van der Waals surface area contributed by atoms with Crippen molar-refractivity contribution in [1.29, 1.82) is 0 Å². The number of fused-ring (bicyclic) bond motifs is 1. The quantitative estimate of drug-likeness (QED) is 0.887. The molecule has 0 bridgehead atoms. The summed E-state index contributed by atoms with van der Waals surface area (Å²) in [6.45, 7) is 5.63. The summed E-state index contributed by atoms with van der Waals surface area (Å²) in [6.07, 6.45) is 0. The summed E-state index contributed by atoms with van der Waals surface area (Å²) < 4.78 is 0.935. The van der Waals surface area contributed by atoms with E-state index in [0.717, 1.165) is 16.6 Å². The van der Waals surface area contributed by atoms with Gasteiger partial charge in [-0.2, -0.15) is 0 Å². The molecule has 1 aromatic carbocycles. The number of amides is 1. The summed E-state index contributed by atoms with van der Waals surface area (Å²) in [5, 5.41) is 4.27. The van der Waals surface area contributed by atoms with E-state index in [2.05, 4.69) is 24.1 Å². The van der Waals surface area contributed by atoms with Gasteiger partial charge in [0.25, 0.3) is 5.91 Å². The third-order valence-corrected chi connectivity index (χ3v) is 5.02. The first kappa shape index (κ1) is 16.1. The summed E-state index contributed by atoms with van der Waals surface area (Å²) in [5.41, 5.74) is 6.54. The molecule has 0 fully saturated rings. The minimum atomic E-state index is -0.137. The topological polar surface area (TPSA) is 58.4 Å². The number of nitrogens with one attached hydrogen (secondary N) is 1. The minimum absolute atomic E-state index is 0.137. The van der Waals surface area contributed by atoms with Gasteiger partial charge in [0, 0.05) is 29.2 Å². The van der Waals surface area contributed by atoms with E-state index in [4.69, 9.17) is 17.3 Å². The fraction of sp³-hybridized carbons (Fsp3) is 0.400. The number of thiophene rings is 1. The van der Waals surface area contributed by atoms with Gasteiger partial charge < -0.3 is 16.0 Å². The molecule has 1 heterocycles. The summed E-state index contributed by atoms with van der Waals surface area (Å²) in [7, 11) is 2.03. The molecule has 3 N–H and O–H groups in total. The van der Waals surface area contributed by atoms with E-state index in [1.165, 1.54) is 11.3 Å². The number of likely N-dealkylation sites (N-methyl/N-ethyl adjacent to an activating group) is 1. The Balaban J connectivity index is 2.10. The summed E-state index contributed by atoms with van der Waals surface area (Å²) in [4.78, 5) is 15.0. The highest BCUT2D eigenvalue weighted by Crippen LogP contribution is 2.37. The van der Waals surface area contributed by atoms with Gasteiger partial charge in [-0.3, -0.25) is 4.79 Å². The Morgan fingerprint density at radius 1 is 1.48 bits per heavy atom. The zero-order valence-electron chi connectivity index (χ0n) is 12.4. The smallest absolute Gasteiger partial charge is 0.263 e. The molecule has 21 heavy (non-hydrogen) atoms. The maximum Gasteiger partial charge on any atom is 0.263 e. The molecule has 0 aliphatic heterocycles. The Morgan fingerprint density at radius 2 is 2.19 bits per heavy atom. The molecule has 0 saturated carbocycles. The highest BCUT2D eigenvalue weighted by Gasteiger charge is 2.17. The predicted octanol–water partition coefficient (Wildman–Crippen LogP) is 3.21. The Bertz CT molecular complexity index is 654. The maximum atomic E-state index is 12.3. The van der Waals surface area contributed by atoms with Crippen molar-refractivity contribution in [3.05, 3.63) is 28.1 Å². The van der Waals surface area contributed by atoms with Crippen molar-refractivity contribution in [3.63, 3.8) is 0 Å². The van der Waals surface area contributed by atoms with Crippen LogP contribution in [0.3, 0.4) is 0 Å². The molecule has 6 heteroatoms. The van der Waals surface area contributed by atoms with Gasteiger partial charge in [-0.1, -0.05) is 17.7 Å². The first-order valence-electron chi connectivity index (χ1n) is 6.86. The van der Waals surface area contributed by atoms with Crippen LogP contribution in [-0.4, -0.2) is 37.0 Å². The van der Waals surface area contributed by atoms with Gasteiger partial charge in [-0.05, 0) is 33.0 Å². The molecule has 4 nitrogen and oxygen atoms in total. The second-order valence-corrected chi connectivity index (χ2v) is 6.75. The van der Waals surface area contributed by atoms with Gasteiger partial charge >= 0.3 is 0 Å². The number of hydrogen-bond acceptors (Lipinski definition) is 4. The van der Waals surface area contributed by atoms with Gasteiger partial charge in [0.2, 0.25) is 0 Å². The number of nitrogens with zero attached hydrogens (tertiary/aromatic N) is 1. The fourth-order valence-corrected chi connectivity index (χ4v) is 3.38. The lowest BCUT2D eigenvalue weighted by Gasteiger charge is -2.20. The van der Waals surface area contributed by atoms with E-state index in [1.807, 2.05) is 19.2 Å². The van der Waals surface area contributed by atoms with Crippen LogP contribution in [0.5, 0.6) is 0 Å². The maximum absolute atomic E-state index is 12.3. The van der Waals surface area contributed by atoms with Crippen LogP contribution in [0.2, 0.25) is 5.02 Å². The molecular weight excluding hydrogens is 306 g/mol. The van der Waals surface area contributed by atoms with Crippen LogP contribution >= 0.6 is 22.9 Å². The third kappa shape index (κ3) is 3.48. The van der Waals surface area contributed by atoms with Crippen molar-refractivity contribution in [2.75, 3.05) is 25.9 Å². The second-order valence-electron chi connectivity index (χ2n) is 5.29. The Kier molecular flexibility index (Phi) is 5.08. The number of carbonyl (C=O) groups is 1. The molecule has 0 radical (unpaired) electrons. The number of rotatable bonds is 5. The number of benzene rings is 1. The number of carbonyl (C=O) groups excluding carboxylic acids is 1. The average Bonchev–Trinajstić information content (AvgIpc) is 2.77. The van der Waals surface area contributed by atoms with Crippen molar-refractivity contribution in [2.45, 2.75) is 19.9 Å². The Labute approximate surface area is 133 Å². The highest BCUT2D eigenvalue weighted by atomic mass is 35.5. The van der Waals surface area contributed by atoms with Crippen LogP contribution < -0.4 is 11.1 Å². The van der Waals surface area contributed by atoms with Crippen molar-refractivity contribution >= 4 is 44.6 Å². The summed E-state index contributed by atoms with van der Waals surface area (Å²) in [5.74, 6) is -0.137. The van der Waals surface area contributed by atoms with Gasteiger partial charge in [0.1, 0.15) is 4.88 Å². The standard InChI is InChI=1S/C15H20ClN3OS/c1-9(2)19(3)8-7-18-15(20)14-13(17)12-10(16)5-4-6-11(12)21-14/h4-6,9H,7-8,17H2,1-3H3,(H,18,20). The molecule has 2 rings (SSSR count). The Morgan fingerprint density at radius 3 is 2.81 bits per heavy atom. The van der Waals surface area contributed by atoms with Crippen molar-refractivity contribution in [1.82, 2.24) is 10.2 Å². The number of nitrogens with two attached hydrogens (primary N) is 1. The van der Waals surface area contributed by atoms with Crippen LogP contribution in [0.1, 0.15) is 23.5 Å². The molecule has 2 aromatic rings. The first-order chi connectivity index (χ1) is 9.91. The molecular formula is C15H20ClN3OS. The lowest BCUT2D eigenvalue weighted by molar-refractivity contribution is 0.0953. The largest absolute Gasteiger partial charge is 0.397 e. The molecule has 0 unspecified atom stereocenters. The van der Waals surface area contributed by atoms with Gasteiger partial charge in [0.15, 0.2) is 0 Å². The van der Waals surface area contributed by atoms with Gasteiger partial charge in [0.05, 0.1) is 10.7 Å².